The summed E-state index contributed by atoms with van der Waals surface area (Å²) >= 11 is 6.10. The van der Waals surface area contributed by atoms with Crippen molar-refractivity contribution in [3.8, 4) is 0 Å². The van der Waals surface area contributed by atoms with Gasteiger partial charge >= 0.3 is 0 Å². The molecule has 2 heterocycles. The topological polar surface area (TPSA) is 69.2 Å². The number of H-pyrrole nitrogens is 1. The van der Waals surface area contributed by atoms with Gasteiger partial charge in [0.25, 0.3) is 5.56 Å². The van der Waals surface area contributed by atoms with Crippen molar-refractivity contribution in [2.75, 3.05) is 11.4 Å². The van der Waals surface area contributed by atoms with Gasteiger partial charge in [-0.2, -0.15) is 5.10 Å². The molecule has 1 saturated heterocycles. The van der Waals surface area contributed by atoms with Crippen LogP contribution in [-0.4, -0.2) is 27.9 Å². The molecule has 1 aromatic carbocycles. The number of anilines is 1. The second-order valence-electron chi connectivity index (χ2n) is 5.55. The van der Waals surface area contributed by atoms with Crippen molar-refractivity contribution in [3.63, 3.8) is 0 Å². The summed E-state index contributed by atoms with van der Waals surface area (Å²) in [6.07, 6.45) is 3.63. The maximum atomic E-state index is 11.6. The van der Waals surface area contributed by atoms with Gasteiger partial charge in [-0.05, 0) is 24.8 Å². The Bertz CT molecular complexity index is 689. The van der Waals surface area contributed by atoms with Gasteiger partial charge in [0.2, 0.25) is 0 Å². The van der Waals surface area contributed by atoms with Gasteiger partial charge in [-0.25, -0.2) is 5.10 Å². The molecule has 0 radical (unpaired) electrons. The van der Waals surface area contributed by atoms with E-state index >= 15 is 0 Å². The number of nitrogens with zero attached hydrogens (tertiary/aromatic N) is 2. The third-order valence-electron chi connectivity index (χ3n) is 4.14. The van der Waals surface area contributed by atoms with Crippen LogP contribution < -0.4 is 10.5 Å². The number of halogens is 1. The number of aliphatic hydroxyl groups excluding tert-OH is 1. The zero-order valence-electron chi connectivity index (χ0n) is 12.1. The maximum Gasteiger partial charge on any atom is 0.285 e. The molecule has 0 bridgehead atoms. The fourth-order valence-electron chi connectivity index (χ4n) is 3.04. The van der Waals surface area contributed by atoms with E-state index in [2.05, 4.69) is 15.1 Å². The summed E-state index contributed by atoms with van der Waals surface area (Å²) in [7, 11) is 0. The highest BCUT2D eigenvalue weighted by molar-refractivity contribution is 6.33. The van der Waals surface area contributed by atoms with Gasteiger partial charge < -0.3 is 10.0 Å². The Morgan fingerprint density at radius 2 is 2.18 bits per heavy atom. The number of rotatable bonds is 4. The first-order valence-electron chi connectivity index (χ1n) is 7.39. The predicted molar refractivity (Wildman–Crippen MR) is 86.3 cm³/mol. The zero-order chi connectivity index (χ0) is 15.5. The number of aliphatic hydroxyl groups is 1. The van der Waals surface area contributed by atoms with E-state index in [0.717, 1.165) is 24.9 Å². The highest BCUT2D eigenvalue weighted by Gasteiger charge is 2.29. The summed E-state index contributed by atoms with van der Waals surface area (Å²) in [5, 5.41) is 16.8. The molecule has 22 heavy (non-hydrogen) atoms. The molecule has 1 fully saturated rings. The summed E-state index contributed by atoms with van der Waals surface area (Å²) in [6.45, 7) is 0.816. The maximum absolute atomic E-state index is 11.6. The fourth-order valence-corrected chi connectivity index (χ4v) is 3.24. The molecule has 0 aliphatic carbocycles. The quantitative estimate of drug-likeness (QED) is 0.908. The largest absolute Gasteiger partial charge is 0.388 e. The van der Waals surface area contributed by atoms with Gasteiger partial charge in [0.1, 0.15) is 5.02 Å². The van der Waals surface area contributed by atoms with E-state index in [0.29, 0.717) is 12.1 Å². The Labute approximate surface area is 133 Å². The molecular weight excluding hydrogens is 302 g/mol. The Balaban J connectivity index is 1.79. The smallest absolute Gasteiger partial charge is 0.285 e. The van der Waals surface area contributed by atoms with Gasteiger partial charge in [-0.3, -0.25) is 4.79 Å². The van der Waals surface area contributed by atoms with Crippen molar-refractivity contribution >= 4 is 17.3 Å². The van der Waals surface area contributed by atoms with Crippen molar-refractivity contribution in [1.82, 2.24) is 10.2 Å². The number of aromatic amines is 1. The molecule has 1 aromatic heterocycles. The van der Waals surface area contributed by atoms with Gasteiger partial charge in [0, 0.05) is 12.6 Å². The van der Waals surface area contributed by atoms with E-state index in [1.807, 2.05) is 30.3 Å². The number of hydrogen-bond acceptors (Lipinski definition) is 4. The minimum atomic E-state index is -0.527. The Morgan fingerprint density at radius 1 is 1.41 bits per heavy atom. The zero-order valence-corrected chi connectivity index (χ0v) is 12.8. The number of nitrogens with one attached hydrogen (secondary N) is 1. The summed E-state index contributed by atoms with van der Waals surface area (Å²) in [5.41, 5.74) is 1.17. The van der Waals surface area contributed by atoms with Crippen LogP contribution in [0.15, 0.2) is 41.3 Å². The van der Waals surface area contributed by atoms with Gasteiger partial charge in [0.05, 0.1) is 18.0 Å². The van der Waals surface area contributed by atoms with Crippen LogP contribution in [-0.2, 0) is 0 Å². The molecule has 2 N–H and O–H groups in total. The molecule has 0 spiro atoms. The summed E-state index contributed by atoms with van der Waals surface area (Å²) in [4.78, 5) is 13.7. The molecule has 3 rings (SSSR count). The third kappa shape index (κ3) is 3.00. The molecule has 116 valence electrons. The Kier molecular flexibility index (Phi) is 4.45. The van der Waals surface area contributed by atoms with Crippen molar-refractivity contribution in [2.45, 2.75) is 31.4 Å². The van der Waals surface area contributed by atoms with E-state index in [9.17, 15) is 9.90 Å². The van der Waals surface area contributed by atoms with Crippen LogP contribution in [0.2, 0.25) is 5.02 Å². The molecule has 1 aliphatic rings. The third-order valence-corrected chi connectivity index (χ3v) is 4.51. The van der Waals surface area contributed by atoms with Gasteiger partial charge in [-0.15, -0.1) is 0 Å². The lowest BCUT2D eigenvalue weighted by atomic mass is 10.0. The van der Waals surface area contributed by atoms with Crippen LogP contribution in [0, 0.1) is 0 Å². The van der Waals surface area contributed by atoms with Crippen molar-refractivity contribution < 1.29 is 5.11 Å². The number of benzene rings is 1. The minimum absolute atomic E-state index is 0.149. The second-order valence-corrected chi connectivity index (χ2v) is 5.93. The second kappa shape index (κ2) is 6.50. The lowest BCUT2D eigenvalue weighted by Crippen LogP contribution is -2.32. The molecule has 0 saturated carbocycles. The first kappa shape index (κ1) is 15.1. The van der Waals surface area contributed by atoms with E-state index in [1.165, 1.54) is 0 Å². The highest BCUT2D eigenvalue weighted by atomic mass is 35.5. The van der Waals surface area contributed by atoms with Crippen molar-refractivity contribution in [2.24, 2.45) is 0 Å². The first-order valence-corrected chi connectivity index (χ1v) is 7.77. The van der Waals surface area contributed by atoms with E-state index < -0.39 is 6.10 Å². The summed E-state index contributed by atoms with van der Waals surface area (Å²) in [6, 6.07) is 9.76. The van der Waals surface area contributed by atoms with E-state index in [4.69, 9.17) is 11.6 Å². The Morgan fingerprint density at radius 3 is 2.95 bits per heavy atom. The monoisotopic (exact) mass is 319 g/mol. The Hall–Kier alpha value is -1.85. The van der Waals surface area contributed by atoms with Crippen LogP contribution in [0.3, 0.4) is 0 Å². The van der Waals surface area contributed by atoms with Crippen LogP contribution in [0.25, 0.3) is 0 Å². The van der Waals surface area contributed by atoms with Gasteiger partial charge in [-0.1, -0.05) is 41.9 Å². The molecule has 5 nitrogen and oxygen atoms in total. The molecule has 2 aromatic rings. The van der Waals surface area contributed by atoms with E-state index in [1.54, 1.807) is 6.20 Å². The molecule has 0 unspecified atom stereocenters. The van der Waals surface area contributed by atoms with Crippen LogP contribution >= 0.6 is 11.6 Å². The average Bonchev–Trinajstić information content (AvgIpc) is 2.99. The molecular formula is C16H18ClN3O2. The average molecular weight is 320 g/mol. The molecule has 6 heteroatoms. The standard InChI is InChI=1S/C16H18ClN3O2/c17-15-13(10-18-19-16(15)22)20-8-4-7-12(20)9-14(21)11-5-2-1-3-6-11/h1-3,5-6,10,12,14,21H,4,7-9H2,(H,19,22)/t12-,14-/m1/s1. The number of aromatic nitrogens is 2. The molecule has 0 amide bonds. The van der Waals surface area contributed by atoms with E-state index in [-0.39, 0.29) is 16.6 Å². The molecule has 2 atom stereocenters. The van der Waals surface area contributed by atoms with Crippen molar-refractivity contribution in [3.05, 3.63) is 57.5 Å². The minimum Gasteiger partial charge on any atom is -0.388 e. The van der Waals surface area contributed by atoms with Crippen LogP contribution in [0.1, 0.15) is 30.9 Å². The lowest BCUT2D eigenvalue weighted by Gasteiger charge is -2.28. The highest BCUT2D eigenvalue weighted by Crippen LogP contribution is 2.33. The lowest BCUT2D eigenvalue weighted by molar-refractivity contribution is 0.158. The summed E-state index contributed by atoms with van der Waals surface area (Å²) < 4.78 is 0. The first-order chi connectivity index (χ1) is 10.7. The summed E-state index contributed by atoms with van der Waals surface area (Å²) in [5.74, 6) is 0. The fraction of sp³-hybridized carbons (Fsp3) is 0.375. The molecule has 1 aliphatic heterocycles. The number of hydrogen-bond donors (Lipinski definition) is 2. The van der Waals surface area contributed by atoms with Crippen LogP contribution in [0.5, 0.6) is 0 Å². The normalized spacial score (nSPS) is 19.4. The van der Waals surface area contributed by atoms with Gasteiger partial charge in [0.15, 0.2) is 0 Å². The van der Waals surface area contributed by atoms with Crippen LogP contribution in [0.4, 0.5) is 5.69 Å². The predicted octanol–water partition coefficient (Wildman–Crippen LogP) is 2.52. The van der Waals surface area contributed by atoms with Crippen molar-refractivity contribution in [1.29, 1.82) is 0 Å². The SMILES string of the molecule is O=c1[nH]ncc(N2CCC[C@@H]2C[C@@H](O)c2ccccc2)c1Cl.